The number of rotatable bonds is 7. The monoisotopic (exact) mass is 579 g/mol. The van der Waals surface area contributed by atoms with Crippen LogP contribution in [0.5, 0.6) is 5.75 Å². The Kier molecular flexibility index (Phi) is 8.65. The van der Waals surface area contributed by atoms with Gasteiger partial charge in [0.1, 0.15) is 24.5 Å². The van der Waals surface area contributed by atoms with Crippen molar-refractivity contribution in [2.75, 3.05) is 25.5 Å². The van der Waals surface area contributed by atoms with Crippen molar-refractivity contribution >= 4 is 50.8 Å². The lowest BCUT2D eigenvalue weighted by atomic mass is 10.2. The highest BCUT2D eigenvalue weighted by molar-refractivity contribution is 7.20. The summed E-state index contributed by atoms with van der Waals surface area (Å²) in [6, 6.07) is 13.5. The number of aromatic nitrogens is 2. The molecule has 206 valence electrons. The molecule has 0 spiro atoms. The van der Waals surface area contributed by atoms with Gasteiger partial charge < -0.3 is 14.8 Å². The molecule has 1 aliphatic rings. The predicted molar refractivity (Wildman–Crippen MR) is 154 cm³/mol. The molecule has 2 aromatic carbocycles. The molecule has 1 aliphatic heterocycles. The second kappa shape index (κ2) is 12.5. The van der Waals surface area contributed by atoms with Crippen LogP contribution < -0.4 is 10.1 Å². The number of carbonyl (C=O) groups excluding carboxylic acids is 1. The zero-order valence-electron chi connectivity index (χ0n) is 22.0. The summed E-state index contributed by atoms with van der Waals surface area (Å²) < 4.78 is 25.0. The summed E-state index contributed by atoms with van der Waals surface area (Å²) >= 11 is 7.96. The lowest BCUT2D eigenvalue weighted by Crippen LogP contribution is -2.48. The maximum atomic E-state index is 13.4. The van der Waals surface area contributed by atoms with Crippen LogP contribution in [0, 0.1) is 17.7 Å². The average molecular weight is 580 g/mol. The number of anilines is 2. The summed E-state index contributed by atoms with van der Waals surface area (Å²) in [4.78, 5) is 21.8. The zero-order chi connectivity index (χ0) is 28.1. The Balaban J connectivity index is 1.30. The molecule has 1 amide bonds. The minimum absolute atomic E-state index is 0.0725. The van der Waals surface area contributed by atoms with E-state index in [1.807, 2.05) is 24.1 Å². The van der Waals surface area contributed by atoms with Crippen molar-refractivity contribution in [3.8, 4) is 17.6 Å². The SMILES string of the molecule is CCN(C(=O)OC)N1CCC[C@@H]1C#Cc1cc2ncnc(Nc3ccc(OCc4cccc(F)c4)c(Cl)c3)c2s1. The number of fused-ring (bicyclic) bond motifs is 1. The molecule has 4 aromatic rings. The van der Waals surface area contributed by atoms with Gasteiger partial charge in [0.25, 0.3) is 0 Å². The van der Waals surface area contributed by atoms with Gasteiger partial charge in [0.15, 0.2) is 5.82 Å². The van der Waals surface area contributed by atoms with Gasteiger partial charge >= 0.3 is 6.09 Å². The van der Waals surface area contributed by atoms with Gasteiger partial charge in [-0.3, -0.25) is 0 Å². The van der Waals surface area contributed by atoms with Crippen molar-refractivity contribution in [1.82, 2.24) is 20.0 Å². The number of thiophene rings is 1. The molecule has 3 heterocycles. The molecule has 0 unspecified atom stereocenters. The van der Waals surface area contributed by atoms with Crippen LogP contribution in [-0.4, -0.2) is 52.3 Å². The van der Waals surface area contributed by atoms with Gasteiger partial charge in [-0.05, 0) is 61.7 Å². The Bertz CT molecular complexity index is 1590. The number of halogens is 2. The van der Waals surface area contributed by atoms with Crippen LogP contribution in [0.4, 0.5) is 20.7 Å². The fourth-order valence-electron chi connectivity index (χ4n) is 4.49. The van der Waals surface area contributed by atoms with Gasteiger partial charge in [0.05, 0.1) is 33.3 Å². The largest absolute Gasteiger partial charge is 0.487 e. The number of nitrogens with one attached hydrogen (secondary N) is 1. The fraction of sp³-hybridized carbons (Fsp3) is 0.276. The summed E-state index contributed by atoms with van der Waals surface area (Å²) in [7, 11) is 1.39. The van der Waals surface area contributed by atoms with Crippen molar-refractivity contribution in [2.24, 2.45) is 0 Å². The highest BCUT2D eigenvalue weighted by Crippen LogP contribution is 2.33. The molecule has 0 radical (unpaired) electrons. The summed E-state index contributed by atoms with van der Waals surface area (Å²) in [5.41, 5.74) is 2.22. The van der Waals surface area contributed by atoms with E-state index in [1.54, 1.807) is 29.3 Å². The first-order valence-electron chi connectivity index (χ1n) is 12.8. The molecular weight excluding hydrogens is 553 g/mol. The van der Waals surface area contributed by atoms with Crippen LogP contribution in [0.1, 0.15) is 30.2 Å². The highest BCUT2D eigenvalue weighted by Gasteiger charge is 2.31. The lowest BCUT2D eigenvalue weighted by molar-refractivity contribution is -0.00928. The molecule has 2 aromatic heterocycles. The van der Waals surface area contributed by atoms with E-state index in [4.69, 9.17) is 21.1 Å². The van der Waals surface area contributed by atoms with Crippen LogP contribution in [0.25, 0.3) is 10.2 Å². The van der Waals surface area contributed by atoms with Crippen molar-refractivity contribution < 1.29 is 18.7 Å². The summed E-state index contributed by atoms with van der Waals surface area (Å²) in [6.45, 7) is 3.39. The molecule has 1 fully saturated rings. The third-order valence-electron chi connectivity index (χ3n) is 6.37. The minimum Gasteiger partial charge on any atom is -0.487 e. The second-order valence-electron chi connectivity index (χ2n) is 9.01. The summed E-state index contributed by atoms with van der Waals surface area (Å²) in [5, 5.41) is 7.31. The number of hydrazine groups is 1. The number of nitrogens with zero attached hydrogens (tertiary/aromatic N) is 4. The van der Waals surface area contributed by atoms with Crippen LogP contribution in [0.15, 0.2) is 54.9 Å². The quantitative estimate of drug-likeness (QED) is 0.246. The van der Waals surface area contributed by atoms with E-state index in [9.17, 15) is 9.18 Å². The molecule has 1 N–H and O–H groups in total. The molecule has 1 atom stereocenters. The number of hydrogen-bond donors (Lipinski definition) is 1. The Morgan fingerprint density at radius 3 is 2.92 bits per heavy atom. The second-order valence-corrected chi connectivity index (χ2v) is 10.5. The van der Waals surface area contributed by atoms with E-state index in [0.717, 1.165) is 40.2 Å². The van der Waals surface area contributed by atoms with E-state index in [2.05, 4.69) is 27.1 Å². The van der Waals surface area contributed by atoms with Gasteiger partial charge in [-0.1, -0.05) is 35.6 Å². The topological polar surface area (TPSA) is 79.8 Å². The number of carbonyl (C=O) groups is 1. The number of ether oxygens (including phenoxy) is 2. The maximum absolute atomic E-state index is 13.4. The molecule has 0 saturated carbocycles. The number of hydrogen-bond acceptors (Lipinski definition) is 8. The number of amides is 1. The van der Waals surface area contributed by atoms with Gasteiger partial charge in [0, 0.05) is 18.8 Å². The molecule has 0 aliphatic carbocycles. The Hall–Kier alpha value is -3.91. The first-order chi connectivity index (χ1) is 19.4. The van der Waals surface area contributed by atoms with E-state index in [0.29, 0.717) is 28.7 Å². The van der Waals surface area contributed by atoms with Crippen LogP contribution in [-0.2, 0) is 11.3 Å². The third kappa shape index (κ3) is 6.28. The van der Waals surface area contributed by atoms with E-state index in [-0.39, 0.29) is 24.6 Å². The molecule has 11 heteroatoms. The van der Waals surface area contributed by atoms with E-state index in [1.165, 1.54) is 36.9 Å². The Labute approximate surface area is 240 Å². The van der Waals surface area contributed by atoms with Gasteiger partial charge in [-0.2, -0.15) is 0 Å². The first kappa shape index (κ1) is 27.6. The van der Waals surface area contributed by atoms with Crippen molar-refractivity contribution in [3.05, 3.63) is 76.1 Å². The van der Waals surface area contributed by atoms with Crippen LogP contribution in [0.3, 0.4) is 0 Å². The number of methoxy groups -OCH3 is 1. The highest BCUT2D eigenvalue weighted by atomic mass is 35.5. The first-order valence-corrected chi connectivity index (χ1v) is 14.0. The normalized spacial score (nSPS) is 14.9. The standard InChI is InChI=1S/C29H27ClFN5O3S/c1-3-35(29(37)38-2)36-13-5-8-22(36)10-11-23-16-25-27(40-23)28(33-18-32-25)34-21-9-12-26(24(30)15-21)39-17-19-6-4-7-20(31)14-19/h4,6-7,9,12,14-16,18,22H,3,5,8,13,17H2,1-2H3,(H,32,33,34)/t22-/m1/s1. The molecule has 1 saturated heterocycles. The molecule has 40 heavy (non-hydrogen) atoms. The van der Waals surface area contributed by atoms with Crippen LogP contribution in [0.2, 0.25) is 5.02 Å². The Morgan fingerprint density at radius 1 is 1.27 bits per heavy atom. The smallest absolute Gasteiger partial charge is 0.424 e. The fourth-order valence-corrected chi connectivity index (χ4v) is 5.64. The third-order valence-corrected chi connectivity index (χ3v) is 7.71. The minimum atomic E-state index is -0.379. The molecule has 8 nitrogen and oxygen atoms in total. The summed E-state index contributed by atoms with van der Waals surface area (Å²) in [6.07, 6.45) is 2.95. The predicted octanol–water partition coefficient (Wildman–Crippen LogP) is 6.63. The molecular formula is C29H27ClFN5O3S. The Morgan fingerprint density at radius 2 is 2.15 bits per heavy atom. The molecule has 0 bridgehead atoms. The van der Waals surface area contributed by atoms with Crippen molar-refractivity contribution in [3.63, 3.8) is 0 Å². The van der Waals surface area contributed by atoms with Gasteiger partial charge in [-0.25, -0.2) is 29.2 Å². The lowest BCUT2D eigenvalue weighted by Gasteiger charge is -2.31. The van der Waals surface area contributed by atoms with E-state index >= 15 is 0 Å². The van der Waals surface area contributed by atoms with E-state index < -0.39 is 0 Å². The zero-order valence-corrected chi connectivity index (χ0v) is 23.6. The van der Waals surface area contributed by atoms with Crippen LogP contribution >= 0.6 is 22.9 Å². The van der Waals surface area contributed by atoms with Crippen molar-refractivity contribution in [1.29, 1.82) is 0 Å². The van der Waals surface area contributed by atoms with Gasteiger partial charge in [-0.15, -0.1) is 11.3 Å². The van der Waals surface area contributed by atoms with Gasteiger partial charge in [0.2, 0.25) is 0 Å². The molecule has 5 rings (SSSR count). The maximum Gasteiger partial charge on any atom is 0.424 e. The number of benzene rings is 2. The summed E-state index contributed by atoms with van der Waals surface area (Å²) in [5.74, 6) is 7.42. The average Bonchev–Trinajstić information content (AvgIpc) is 3.59. The van der Waals surface area contributed by atoms with Crippen molar-refractivity contribution in [2.45, 2.75) is 32.4 Å².